The SMILES string of the molecule is CSc1nn(CC(=O)Nc2cccc(Cl)c2)c(N)c1S(=O)(=O)c1ccc(C)cc1. The Hall–Kier alpha value is -2.49. The quantitative estimate of drug-likeness (QED) is 0.555. The van der Waals surface area contributed by atoms with Gasteiger partial charge in [0.05, 0.1) is 4.90 Å². The molecule has 0 aliphatic heterocycles. The van der Waals surface area contributed by atoms with Gasteiger partial charge in [0.25, 0.3) is 0 Å². The second kappa shape index (κ2) is 8.48. The highest BCUT2D eigenvalue weighted by Gasteiger charge is 2.29. The first-order valence-corrected chi connectivity index (χ1v) is 11.6. The summed E-state index contributed by atoms with van der Waals surface area (Å²) in [6.07, 6.45) is 1.70. The van der Waals surface area contributed by atoms with Crippen LogP contribution in [0.2, 0.25) is 5.02 Å². The third-order valence-corrected chi connectivity index (χ3v) is 6.98. The molecule has 0 saturated carbocycles. The summed E-state index contributed by atoms with van der Waals surface area (Å²) in [5, 5.41) is 7.63. The van der Waals surface area contributed by atoms with Crippen LogP contribution in [0.3, 0.4) is 0 Å². The maximum absolute atomic E-state index is 13.1. The van der Waals surface area contributed by atoms with Crippen LogP contribution in [0.15, 0.2) is 63.3 Å². The number of anilines is 2. The minimum atomic E-state index is -3.89. The number of nitrogens with one attached hydrogen (secondary N) is 1. The number of aromatic nitrogens is 2. The van der Waals surface area contributed by atoms with Crippen molar-refractivity contribution >= 4 is 50.6 Å². The van der Waals surface area contributed by atoms with Crippen LogP contribution in [0.1, 0.15) is 5.56 Å². The smallest absolute Gasteiger partial charge is 0.246 e. The first kappa shape index (κ1) is 21.2. The molecule has 10 heteroatoms. The van der Waals surface area contributed by atoms with Gasteiger partial charge in [-0.1, -0.05) is 35.4 Å². The fourth-order valence-electron chi connectivity index (χ4n) is 2.68. The van der Waals surface area contributed by atoms with E-state index in [1.54, 1.807) is 42.7 Å². The standard InChI is InChI=1S/C19H19ClN4O3S2/c1-12-6-8-15(9-7-12)29(26,27)17-18(21)24(23-19(17)28-2)11-16(25)22-14-5-3-4-13(20)10-14/h3-10H,11,21H2,1-2H3,(H,22,25). The number of hydrogen-bond donors (Lipinski definition) is 2. The minimum absolute atomic E-state index is 0.0869. The number of rotatable bonds is 6. The maximum atomic E-state index is 13.1. The predicted octanol–water partition coefficient (Wildman–Crippen LogP) is 3.62. The lowest BCUT2D eigenvalue weighted by Crippen LogP contribution is -2.21. The second-order valence-corrected chi connectivity index (χ2v) is 9.37. The topological polar surface area (TPSA) is 107 Å². The predicted molar refractivity (Wildman–Crippen MR) is 115 cm³/mol. The van der Waals surface area contributed by atoms with Crippen molar-refractivity contribution in [2.75, 3.05) is 17.3 Å². The lowest BCUT2D eigenvalue weighted by molar-refractivity contribution is -0.116. The first-order chi connectivity index (χ1) is 13.7. The number of benzene rings is 2. The van der Waals surface area contributed by atoms with Gasteiger partial charge in [-0.3, -0.25) is 4.79 Å². The van der Waals surface area contributed by atoms with Crippen LogP contribution in [0.25, 0.3) is 0 Å². The van der Waals surface area contributed by atoms with Gasteiger partial charge in [-0.25, -0.2) is 13.1 Å². The van der Waals surface area contributed by atoms with Crippen LogP contribution in [0, 0.1) is 6.92 Å². The third-order valence-electron chi connectivity index (χ3n) is 4.11. The average Bonchev–Trinajstić information content (AvgIpc) is 2.98. The number of nitrogen functional groups attached to an aromatic ring is 1. The van der Waals surface area contributed by atoms with Gasteiger partial charge in [-0.2, -0.15) is 5.10 Å². The van der Waals surface area contributed by atoms with Crippen molar-refractivity contribution in [1.29, 1.82) is 0 Å². The average molecular weight is 451 g/mol. The number of nitrogens with zero attached hydrogens (tertiary/aromatic N) is 2. The van der Waals surface area contributed by atoms with E-state index in [-0.39, 0.29) is 27.2 Å². The molecule has 0 aliphatic carbocycles. The van der Waals surface area contributed by atoms with Crippen LogP contribution in [-0.2, 0) is 21.2 Å². The van der Waals surface area contributed by atoms with E-state index in [0.29, 0.717) is 10.7 Å². The van der Waals surface area contributed by atoms with Crippen molar-refractivity contribution in [3.63, 3.8) is 0 Å². The summed E-state index contributed by atoms with van der Waals surface area (Å²) in [6, 6.07) is 13.2. The highest BCUT2D eigenvalue weighted by atomic mass is 35.5. The van der Waals surface area contributed by atoms with Crippen LogP contribution in [-0.4, -0.2) is 30.4 Å². The van der Waals surface area contributed by atoms with Crippen LogP contribution < -0.4 is 11.1 Å². The van der Waals surface area contributed by atoms with E-state index in [1.807, 2.05) is 6.92 Å². The molecule has 0 atom stereocenters. The summed E-state index contributed by atoms with van der Waals surface area (Å²) in [4.78, 5) is 12.4. The molecule has 1 aromatic heterocycles. The summed E-state index contributed by atoms with van der Waals surface area (Å²) in [5.41, 5.74) is 7.57. The fraction of sp³-hybridized carbons (Fsp3) is 0.158. The number of thioether (sulfide) groups is 1. The molecule has 1 heterocycles. The van der Waals surface area contributed by atoms with Crippen molar-refractivity contribution in [2.45, 2.75) is 28.3 Å². The van der Waals surface area contributed by atoms with Gasteiger partial charge >= 0.3 is 0 Å². The summed E-state index contributed by atoms with van der Waals surface area (Å²) in [7, 11) is -3.89. The van der Waals surface area contributed by atoms with Crippen LogP contribution in [0.4, 0.5) is 11.5 Å². The summed E-state index contributed by atoms with van der Waals surface area (Å²) >= 11 is 7.06. The molecule has 3 rings (SSSR count). The Morgan fingerprint density at radius 1 is 1.24 bits per heavy atom. The highest BCUT2D eigenvalue weighted by Crippen LogP contribution is 2.34. The Balaban J connectivity index is 1.91. The van der Waals surface area contributed by atoms with Gasteiger partial charge in [0.2, 0.25) is 15.7 Å². The van der Waals surface area contributed by atoms with Crippen molar-refractivity contribution in [3.8, 4) is 0 Å². The van der Waals surface area contributed by atoms with Crippen molar-refractivity contribution in [2.24, 2.45) is 0 Å². The normalized spacial score (nSPS) is 11.4. The second-order valence-electron chi connectivity index (χ2n) is 6.26. The molecule has 29 heavy (non-hydrogen) atoms. The Labute approximate surface area is 178 Å². The van der Waals surface area contributed by atoms with E-state index in [4.69, 9.17) is 17.3 Å². The van der Waals surface area contributed by atoms with Gasteiger partial charge < -0.3 is 11.1 Å². The molecule has 0 radical (unpaired) electrons. The number of carbonyl (C=O) groups excluding carboxylic acids is 1. The molecule has 3 N–H and O–H groups in total. The zero-order chi connectivity index (χ0) is 21.2. The van der Waals surface area contributed by atoms with Crippen molar-refractivity contribution < 1.29 is 13.2 Å². The molecule has 0 unspecified atom stereocenters. The van der Waals surface area contributed by atoms with Gasteiger partial charge in [-0.15, -0.1) is 11.8 Å². The third kappa shape index (κ3) is 4.58. The van der Waals surface area contributed by atoms with E-state index in [9.17, 15) is 13.2 Å². The van der Waals surface area contributed by atoms with Gasteiger partial charge in [-0.05, 0) is 43.5 Å². The molecule has 0 saturated heterocycles. The summed E-state index contributed by atoms with van der Waals surface area (Å²) < 4.78 is 27.4. The summed E-state index contributed by atoms with van der Waals surface area (Å²) in [6.45, 7) is 1.63. The molecule has 0 spiro atoms. The van der Waals surface area contributed by atoms with E-state index < -0.39 is 15.7 Å². The Morgan fingerprint density at radius 2 is 1.93 bits per heavy atom. The zero-order valence-corrected chi connectivity index (χ0v) is 18.1. The minimum Gasteiger partial charge on any atom is -0.383 e. The molecule has 3 aromatic rings. The number of sulfone groups is 1. The maximum Gasteiger partial charge on any atom is 0.246 e. The number of nitrogens with two attached hydrogens (primary N) is 1. The fourth-order valence-corrected chi connectivity index (χ4v) is 5.30. The van der Waals surface area contributed by atoms with Crippen molar-refractivity contribution in [1.82, 2.24) is 9.78 Å². The molecule has 0 bridgehead atoms. The molecule has 1 amide bonds. The van der Waals surface area contributed by atoms with Gasteiger partial charge in [0, 0.05) is 10.7 Å². The monoisotopic (exact) mass is 450 g/mol. The van der Waals surface area contributed by atoms with E-state index in [1.165, 1.54) is 16.8 Å². The number of halogens is 1. The molecular weight excluding hydrogens is 432 g/mol. The molecule has 152 valence electrons. The zero-order valence-electron chi connectivity index (χ0n) is 15.7. The molecule has 0 fully saturated rings. The Morgan fingerprint density at radius 3 is 2.55 bits per heavy atom. The van der Waals surface area contributed by atoms with Gasteiger partial charge in [0.15, 0.2) is 0 Å². The number of hydrogen-bond acceptors (Lipinski definition) is 6. The first-order valence-electron chi connectivity index (χ1n) is 8.50. The Bertz CT molecular complexity index is 1160. The van der Waals surface area contributed by atoms with E-state index in [0.717, 1.165) is 17.3 Å². The van der Waals surface area contributed by atoms with Gasteiger partial charge in [0.1, 0.15) is 22.3 Å². The molecular formula is C19H19ClN4O3S2. The van der Waals surface area contributed by atoms with Crippen LogP contribution in [0.5, 0.6) is 0 Å². The summed E-state index contributed by atoms with van der Waals surface area (Å²) in [5.74, 6) is -0.496. The lowest BCUT2D eigenvalue weighted by atomic mass is 10.2. The van der Waals surface area contributed by atoms with Crippen molar-refractivity contribution in [3.05, 3.63) is 59.1 Å². The molecule has 2 aromatic carbocycles. The lowest BCUT2D eigenvalue weighted by Gasteiger charge is -2.08. The number of amides is 1. The molecule has 7 nitrogen and oxygen atoms in total. The Kier molecular flexibility index (Phi) is 6.21. The highest BCUT2D eigenvalue weighted by molar-refractivity contribution is 7.99. The van der Waals surface area contributed by atoms with Crippen LogP contribution >= 0.6 is 23.4 Å². The largest absolute Gasteiger partial charge is 0.383 e. The van der Waals surface area contributed by atoms with E-state index in [2.05, 4.69) is 10.4 Å². The number of aryl methyl sites for hydroxylation is 1. The molecule has 0 aliphatic rings. The van der Waals surface area contributed by atoms with E-state index >= 15 is 0 Å². The number of carbonyl (C=O) groups is 1.